The van der Waals surface area contributed by atoms with Gasteiger partial charge in [-0.2, -0.15) is 0 Å². The molecule has 1 aliphatic heterocycles. The van der Waals surface area contributed by atoms with Crippen molar-refractivity contribution >= 4 is 6.09 Å². The van der Waals surface area contributed by atoms with Crippen LogP contribution in [0.3, 0.4) is 0 Å². The van der Waals surface area contributed by atoms with Crippen molar-refractivity contribution in [2.24, 2.45) is 5.73 Å². The molecule has 0 aromatic rings. The van der Waals surface area contributed by atoms with E-state index in [9.17, 15) is 4.79 Å². The molecule has 2 N–H and O–H groups in total. The van der Waals surface area contributed by atoms with Gasteiger partial charge in [-0.3, -0.25) is 0 Å². The molecule has 1 rings (SSSR count). The number of hydrogen-bond acceptors (Lipinski definition) is 4. The van der Waals surface area contributed by atoms with Crippen molar-refractivity contribution in [3.63, 3.8) is 0 Å². The van der Waals surface area contributed by atoms with Crippen molar-refractivity contribution in [1.29, 1.82) is 0 Å². The van der Waals surface area contributed by atoms with Crippen molar-refractivity contribution < 1.29 is 14.3 Å². The molecule has 1 unspecified atom stereocenters. The first-order valence-corrected chi connectivity index (χ1v) is 5.65. The minimum Gasteiger partial charge on any atom is -0.444 e. The molecule has 94 valence electrons. The van der Waals surface area contributed by atoms with E-state index in [1.807, 2.05) is 27.7 Å². The second-order valence-electron chi connectivity index (χ2n) is 5.19. The highest BCUT2D eigenvalue weighted by molar-refractivity contribution is 5.68. The van der Waals surface area contributed by atoms with E-state index in [1.165, 1.54) is 0 Å². The summed E-state index contributed by atoms with van der Waals surface area (Å²) < 4.78 is 10.9. The fourth-order valence-corrected chi connectivity index (χ4v) is 1.65. The molecule has 0 aromatic heterocycles. The van der Waals surface area contributed by atoms with Crippen molar-refractivity contribution in [3.05, 3.63) is 0 Å². The molecular weight excluding hydrogens is 208 g/mol. The lowest BCUT2D eigenvalue weighted by Crippen LogP contribution is -2.52. The minimum atomic E-state index is -0.461. The quantitative estimate of drug-likeness (QED) is 0.729. The molecule has 0 saturated carbocycles. The Balaban J connectivity index is 2.55. The molecule has 16 heavy (non-hydrogen) atoms. The Morgan fingerprint density at radius 1 is 1.50 bits per heavy atom. The normalized spacial score (nSPS) is 26.7. The Morgan fingerprint density at radius 3 is 2.62 bits per heavy atom. The molecule has 2 atom stereocenters. The molecule has 0 aliphatic carbocycles. The number of nitrogens with two attached hydrogens (primary N) is 1. The average Bonchev–Trinajstić information content (AvgIpc) is 2.14. The number of morpholine rings is 1. The molecule has 1 heterocycles. The standard InChI is InChI=1S/C11H22N2O3/c1-8-6-13(7-9(5-12)15-8)10(14)16-11(2,3)4/h8-9H,5-7,12H2,1-4H3/t8?,9-/m0/s1. The number of ether oxygens (including phenoxy) is 2. The van der Waals surface area contributed by atoms with Crippen molar-refractivity contribution in [2.45, 2.75) is 45.5 Å². The zero-order valence-electron chi connectivity index (χ0n) is 10.5. The van der Waals surface area contributed by atoms with E-state index in [0.717, 1.165) is 0 Å². The fraction of sp³-hybridized carbons (Fsp3) is 0.909. The van der Waals surface area contributed by atoms with Gasteiger partial charge in [0, 0.05) is 6.54 Å². The van der Waals surface area contributed by atoms with Gasteiger partial charge in [0.2, 0.25) is 0 Å². The van der Waals surface area contributed by atoms with Gasteiger partial charge in [0.25, 0.3) is 0 Å². The minimum absolute atomic E-state index is 0.00909. The van der Waals surface area contributed by atoms with Gasteiger partial charge >= 0.3 is 6.09 Å². The van der Waals surface area contributed by atoms with E-state index in [0.29, 0.717) is 19.6 Å². The summed E-state index contributed by atoms with van der Waals surface area (Å²) in [5.74, 6) is 0. The Morgan fingerprint density at radius 2 is 2.12 bits per heavy atom. The molecule has 5 heteroatoms. The summed E-state index contributed by atoms with van der Waals surface area (Å²) in [6.07, 6.45) is -0.368. The van der Waals surface area contributed by atoms with Crippen molar-refractivity contribution in [2.75, 3.05) is 19.6 Å². The lowest BCUT2D eigenvalue weighted by molar-refractivity contribution is -0.0757. The van der Waals surface area contributed by atoms with E-state index in [2.05, 4.69) is 0 Å². The summed E-state index contributed by atoms with van der Waals surface area (Å²) in [5, 5.41) is 0. The molecule has 0 spiro atoms. The van der Waals surface area contributed by atoms with Crippen LogP contribution in [0, 0.1) is 0 Å². The van der Waals surface area contributed by atoms with Crippen LogP contribution in [0.2, 0.25) is 0 Å². The number of hydrogen-bond donors (Lipinski definition) is 1. The lowest BCUT2D eigenvalue weighted by atomic mass is 10.2. The maximum Gasteiger partial charge on any atom is 0.410 e. The van der Waals surface area contributed by atoms with Crippen LogP contribution in [0.15, 0.2) is 0 Å². The molecule has 1 amide bonds. The molecule has 1 aliphatic rings. The number of nitrogens with zero attached hydrogens (tertiary/aromatic N) is 1. The predicted octanol–water partition coefficient (Wildman–Crippen LogP) is 0.970. The van der Waals surface area contributed by atoms with E-state index in [4.69, 9.17) is 15.2 Å². The van der Waals surface area contributed by atoms with E-state index in [1.54, 1.807) is 4.90 Å². The Hall–Kier alpha value is -0.810. The summed E-state index contributed by atoms with van der Waals surface area (Å²) in [7, 11) is 0. The van der Waals surface area contributed by atoms with Crippen LogP contribution >= 0.6 is 0 Å². The second kappa shape index (κ2) is 5.01. The molecular formula is C11H22N2O3. The topological polar surface area (TPSA) is 64.8 Å². The summed E-state index contributed by atoms with van der Waals surface area (Å²) in [6, 6.07) is 0. The second-order valence-corrected chi connectivity index (χ2v) is 5.19. The summed E-state index contributed by atoms with van der Waals surface area (Å²) in [5.41, 5.74) is 5.09. The first-order valence-electron chi connectivity index (χ1n) is 5.65. The Kier molecular flexibility index (Phi) is 4.15. The number of amides is 1. The predicted molar refractivity (Wildman–Crippen MR) is 61.2 cm³/mol. The smallest absolute Gasteiger partial charge is 0.410 e. The zero-order chi connectivity index (χ0) is 12.3. The summed E-state index contributed by atoms with van der Waals surface area (Å²) >= 11 is 0. The molecule has 1 fully saturated rings. The number of rotatable bonds is 1. The third kappa shape index (κ3) is 3.98. The van der Waals surface area contributed by atoms with Crippen molar-refractivity contribution in [1.82, 2.24) is 4.90 Å². The first kappa shape index (κ1) is 13.3. The van der Waals surface area contributed by atoms with E-state index < -0.39 is 5.60 Å². The third-order valence-electron chi connectivity index (χ3n) is 2.24. The highest BCUT2D eigenvalue weighted by Gasteiger charge is 2.30. The van der Waals surface area contributed by atoms with Gasteiger partial charge in [0.1, 0.15) is 5.60 Å². The Bertz CT molecular complexity index is 250. The zero-order valence-corrected chi connectivity index (χ0v) is 10.5. The van der Waals surface area contributed by atoms with Crippen LogP contribution in [0.4, 0.5) is 4.79 Å². The molecule has 0 bridgehead atoms. The van der Waals surface area contributed by atoms with Gasteiger partial charge in [0.15, 0.2) is 0 Å². The number of carbonyl (C=O) groups is 1. The monoisotopic (exact) mass is 230 g/mol. The van der Waals surface area contributed by atoms with Crippen LogP contribution in [0.1, 0.15) is 27.7 Å². The highest BCUT2D eigenvalue weighted by atomic mass is 16.6. The van der Waals surface area contributed by atoms with Gasteiger partial charge in [-0.1, -0.05) is 0 Å². The molecule has 0 radical (unpaired) electrons. The third-order valence-corrected chi connectivity index (χ3v) is 2.24. The van der Waals surface area contributed by atoms with Crippen molar-refractivity contribution in [3.8, 4) is 0 Å². The van der Waals surface area contributed by atoms with Crippen LogP contribution < -0.4 is 5.73 Å². The van der Waals surface area contributed by atoms with Gasteiger partial charge < -0.3 is 20.1 Å². The number of carbonyl (C=O) groups excluding carboxylic acids is 1. The van der Waals surface area contributed by atoms with Crippen LogP contribution in [-0.4, -0.2) is 48.4 Å². The largest absolute Gasteiger partial charge is 0.444 e. The van der Waals surface area contributed by atoms with Gasteiger partial charge in [-0.15, -0.1) is 0 Å². The molecule has 5 nitrogen and oxygen atoms in total. The van der Waals surface area contributed by atoms with Gasteiger partial charge in [0.05, 0.1) is 25.3 Å². The highest BCUT2D eigenvalue weighted by Crippen LogP contribution is 2.15. The Labute approximate surface area is 96.9 Å². The fourth-order valence-electron chi connectivity index (χ4n) is 1.65. The van der Waals surface area contributed by atoms with Crippen LogP contribution in [0.25, 0.3) is 0 Å². The molecule has 0 aromatic carbocycles. The first-order chi connectivity index (χ1) is 7.31. The summed E-state index contributed by atoms with van der Waals surface area (Å²) in [4.78, 5) is 13.5. The SMILES string of the molecule is CC1CN(C(=O)OC(C)(C)C)C[C@H](CN)O1. The van der Waals surface area contributed by atoms with Crippen LogP contribution in [0.5, 0.6) is 0 Å². The van der Waals surface area contributed by atoms with Gasteiger partial charge in [-0.05, 0) is 27.7 Å². The van der Waals surface area contributed by atoms with Crippen LogP contribution in [-0.2, 0) is 9.47 Å². The lowest BCUT2D eigenvalue weighted by Gasteiger charge is -2.37. The maximum atomic E-state index is 11.8. The average molecular weight is 230 g/mol. The summed E-state index contributed by atoms with van der Waals surface area (Å²) in [6.45, 7) is 8.99. The van der Waals surface area contributed by atoms with E-state index in [-0.39, 0.29) is 18.3 Å². The molecule has 1 saturated heterocycles. The van der Waals surface area contributed by atoms with Gasteiger partial charge in [-0.25, -0.2) is 4.79 Å². The maximum absolute atomic E-state index is 11.8. The van der Waals surface area contributed by atoms with E-state index >= 15 is 0 Å².